The van der Waals surface area contributed by atoms with E-state index in [0.717, 1.165) is 26.0 Å². The van der Waals surface area contributed by atoms with Crippen molar-refractivity contribution in [1.82, 2.24) is 10.3 Å². The number of amides is 3. The summed E-state index contributed by atoms with van der Waals surface area (Å²) in [7, 11) is 0. The zero-order valence-corrected chi connectivity index (χ0v) is 21.3. The lowest BCUT2D eigenvalue weighted by molar-refractivity contribution is -0.137. The molecule has 4 rings (SSSR count). The Bertz CT molecular complexity index is 1480. The predicted octanol–water partition coefficient (Wildman–Crippen LogP) is 4.80. The van der Waals surface area contributed by atoms with Gasteiger partial charge in [0.05, 0.1) is 17.7 Å². The Morgan fingerprint density at radius 1 is 1.10 bits per heavy atom. The van der Waals surface area contributed by atoms with Gasteiger partial charge in [0, 0.05) is 29.7 Å². The average Bonchev–Trinajstić information content (AvgIpc) is 3.21. The van der Waals surface area contributed by atoms with Gasteiger partial charge in [-0.3, -0.25) is 25.1 Å². The molecule has 1 unspecified atom stereocenters. The van der Waals surface area contributed by atoms with Gasteiger partial charge < -0.3 is 15.5 Å². The van der Waals surface area contributed by atoms with E-state index in [1.54, 1.807) is 6.07 Å². The van der Waals surface area contributed by atoms with Crippen molar-refractivity contribution in [1.29, 1.82) is 0 Å². The number of aromatic nitrogens is 1. The van der Waals surface area contributed by atoms with Crippen LogP contribution < -0.4 is 21.3 Å². The summed E-state index contributed by atoms with van der Waals surface area (Å²) in [6, 6.07) is 10.0. The number of fused-ring (bicyclic) bond motifs is 1. The van der Waals surface area contributed by atoms with Crippen LogP contribution in [0, 0.1) is 0 Å². The Balaban J connectivity index is 1.54. The van der Waals surface area contributed by atoms with Crippen LogP contribution in [0.1, 0.15) is 63.2 Å². The second-order valence-corrected chi connectivity index (χ2v) is 9.60. The summed E-state index contributed by atoms with van der Waals surface area (Å²) in [5.41, 5.74) is 2.84. The van der Waals surface area contributed by atoms with Crippen molar-refractivity contribution < 1.29 is 36.3 Å². The molecule has 4 N–H and O–H groups in total. The number of rotatable bonds is 7. The van der Waals surface area contributed by atoms with Crippen LogP contribution in [0.25, 0.3) is 0 Å². The van der Waals surface area contributed by atoms with Gasteiger partial charge in [-0.25, -0.2) is 8.78 Å². The van der Waals surface area contributed by atoms with Crippen LogP contribution in [0.2, 0.25) is 0 Å². The number of pyridine rings is 1. The maximum atomic E-state index is 14.0. The molecule has 0 radical (unpaired) electrons. The third-order valence-electron chi connectivity index (χ3n) is 6.13. The fraction of sp³-hybridized carbons (Fsp3) is 0.259. The summed E-state index contributed by atoms with van der Waals surface area (Å²) in [4.78, 5) is 43.0. The Morgan fingerprint density at radius 2 is 1.82 bits per heavy atom. The number of nitrogens with one attached hydrogen (secondary N) is 2. The van der Waals surface area contributed by atoms with Crippen molar-refractivity contribution in [2.75, 3.05) is 10.2 Å². The molecular weight excluding hydrogens is 537 g/mol. The lowest BCUT2D eigenvalue weighted by Crippen LogP contribution is -2.38. The molecule has 3 amide bonds. The molecule has 1 aromatic heterocycles. The summed E-state index contributed by atoms with van der Waals surface area (Å²) < 4.78 is 67.2. The maximum Gasteiger partial charge on any atom is 0.416 e. The summed E-state index contributed by atoms with van der Waals surface area (Å²) in [6.45, 7) is 1.98. The molecule has 0 saturated heterocycles. The third-order valence-corrected chi connectivity index (χ3v) is 6.13. The smallest absolute Gasteiger partial charge is 0.349 e. The largest absolute Gasteiger partial charge is 0.416 e. The molecule has 0 spiro atoms. The minimum atomic E-state index is -4.58. The Hall–Kier alpha value is -4.39. The van der Waals surface area contributed by atoms with Crippen LogP contribution in [0.3, 0.4) is 0 Å². The number of alkyl halides is 5. The first kappa shape index (κ1) is 28.6. The standard InChI is InChI=1S/C27H24F5N5O3/c1-26(2,29)25(40)35-12-14-8-20(21(22(28)33)34-11-14)23(38)36-17-7-6-15-13-37(24(39)19(15)10-17)18-5-3-4-16(9-18)27(30,31)32/h3-11,22H,12-13,33H2,1-2H3,(H,35,40)(H,36,38). The summed E-state index contributed by atoms with van der Waals surface area (Å²) in [6.07, 6.45) is -5.50. The summed E-state index contributed by atoms with van der Waals surface area (Å²) in [5, 5.41) is 4.89. The van der Waals surface area contributed by atoms with E-state index in [4.69, 9.17) is 5.73 Å². The van der Waals surface area contributed by atoms with Crippen LogP contribution >= 0.6 is 0 Å². The van der Waals surface area contributed by atoms with Gasteiger partial charge in [0.1, 0.15) is 5.69 Å². The van der Waals surface area contributed by atoms with Crippen molar-refractivity contribution in [3.05, 3.63) is 88.2 Å². The molecule has 40 heavy (non-hydrogen) atoms. The van der Waals surface area contributed by atoms with E-state index >= 15 is 0 Å². The first-order valence-electron chi connectivity index (χ1n) is 11.9. The monoisotopic (exact) mass is 561 g/mol. The van der Waals surface area contributed by atoms with Gasteiger partial charge in [0.2, 0.25) is 0 Å². The predicted molar refractivity (Wildman–Crippen MR) is 136 cm³/mol. The second-order valence-electron chi connectivity index (χ2n) is 9.60. The highest BCUT2D eigenvalue weighted by atomic mass is 19.4. The molecule has 1 aliphatic heterocycles. The number of benzene rings is 2. The number of hydrogen-bond acceptors (Lipinski definition) is 5. The molecule has 1 atom stereocenters. The van der Waals surface area contributed by atoms with Gasteiger partial charge >= 0.3 is 6.18 Å². The number of nitrogens with zero attached hydrogens (tertiary/aromatic N) is 2. The molecule has 210 valence electrons. The van der Waals surface area contributed by atoms with Crippen LogP contribution in [-0.2, 0) is 24.1 Å². The number of halogens is 5. The van der Waals surface area contributed by atoms with Gasteiger partial charge in [0.15, 0.2) is 12.0 Å². The molecule has 0 fully saturated rings. The molecule has 1 aliphatic rings. The Kier molecular flexibility index (Phi) is 7.61. The highest BCUT2D eigenvalue weighted by Gasteiger charge is 2.34. The van der Waals surface area contributed by atoms with Crippen LogP contribution in [0.5, 0.6) is 0 Å². The zero-order valence-electron chi connectivity index (χ0n) is 21.3. The molecule has 8 nitrogen and oxygen atoms in total. The first-order chi connectivity index (χ1) is 18.6. The summed E-state index contributed by atoms with van der Waals surface area (Å²) in [5.74, 6) is -2.28. The molecule has 2 heterocycles. The van der Waals surface area contributed by atoms with Gasteiger partial charge in [-0.1, -0.05) is 12.1 Å². The normalized spacial score (nSPS) is 14.1. The molecule has 2 aromatic carbocycles. The lowest BCUT2D eigenvalue weighted by atomic mass is 10.1. The Labute approximate surface area is 225 Å². The molecule has 13 heteroatoms. The zero-order chi connectivity index (χ0) is 29.4. The SMILES string of the molecule is CC(C)(F)C(=O)NCc1cnc(C(N)F)c(C(=O)Nc2ccc3c(c2)C(=O)N(c2cccc(C(F)(F)F)c2)C3)c1. The van der Waals surface area contributed by atoms with Crippen LogP contribution in [0.4, 0.5) is 33.3 Å². The number of carbonyl (C=O) groups is 3. The molecule has 3 aromatic rings. The summed E-state index contributed by atoms with van der Waals surface area (Å²) >= 11 is 0. The van der Waals surface area contributed by atoms with Crippen molar-refractivity contribution in [2.24, 2.45) is 5.73 Å². The quantitative estimate of drug-likeness (QED) is 0.283. The molecule has 0 bridgehead atoms. The van der Waals surface area contributed by atoms with E-state index in [9.17, 15) is 36.3 Å². The molecular formula is C27H24F5N5O3. The first-order valence-corrected chi connectivity index (χ1v) is 11.9. The van der Waals surface area contributed by atoms with Crippen LogP contribution in [0.15, 0.2) is 54.7 Å². The van der Waals surface area contributed by atoms with Crippen molar-refractivity contribution in [3.8, 4) is 0 Å². The number of anilines is 2. The van der Waals surface area contributed by atoms with Gasteiger partial charge in [-0.15, -0.1) is 0 Å². The fourth-order valence-electron chi connectivity index (χ4n) is 4.05. The minimum absolute atomic E-state index is 0.0257. The molecule has 0 aliphatic carbocycles. The average molecular weight is 562 g/mol. The number of carbonyl (C=O) groups excluding carboxylic acids is 3. The van der Waals surface area contributed by atoms with Crippen molar-refractivity contribution in [3.63, 3.8) is 0 Å². The highest BCUT2D eigenvalue weighted by molar-refractivity contribution is 6.11. The minimum Gasteiger partial charge on any atom is -0.349 e. The van der Waals surface area contributed by atoms with E-state index in [1.807, 2.05) is 0 Å². The number of nitrogens with two attached hydrogens (primary N) is 1. The van der Waals surface area contributed by atoms with E-state index in [-0.39, 0.29) is 46.8 Å². The third kappa shape index (κ3) is 6.09. The van der Waals surface area contributed by atoms with E-state index in [1.165, 1.54) is 41.4 Å². The lowest BCUT2D eigenvalue weighted by Gasteiger charge is -2.17. The van der Waals surface area contributed by atoms with Gasteiger partial charge in [-0.2, -0.15) is 13.2 Å². The van der Waals surface area contributed by atoms with E-state index in [0.29, 0.717) is 5.56 Å². The maximum absolute atomic E-state index is 14.0. The fourth-order valence-corrected chi connectivity index (χ4v) is 4.05. The van der Waals surface area contributed by atoms with E-state index < -0.39 is 41.4 Å². The Morgan fingerprint density at radius 3 is 2.48 bits per heavy atom. The second kappa shape index (κ2) is 10.6. The highest BCUT2D eigenvalue weighted by Crippen LogP contribution is 2.35. The number of hydrogen-bond donors (Lipinski definition) is 3. The van der Waals surface area contributed by atoms with Gasteiger partial charge in [-0.05, 0) is 61.4 Å². The van der Waals surface area contributed by atoms with Gasteiger partial charge in [0.25, 0.3) is 17.7 Å². The van der Waals surface area contributed by atoms with E-state index in [2.05, 4.69) is 15.6 Å². The molecule has 0 saturated carbocycles. The van der Waals surface area contributed by atoms with Crippen molar-refractivity contribution in [2.45, 2.75) is 45.1 Å². The van der Waals surface area contributed by atoms with Crippen molar-refractivity contribution >= 4 is 29.1 Å². The topological polar surface area (TPSA) is 117 Å². The van der Waals surface area contributed by atoms with Crippen LogP contribution in [-0.4, -0.2) is 28.4 Å².